The van der Waals surface area contributed by atoms with Gasteiger partial charge in [0.25, 0.3) is 0 Å². The van der Waals surface area contributed by atoms with Crippen LogP contribution in [0, 0.1) is 0 Å². The highest BCUT2D eigenvalue weighted by atomic mass is 35.5. The highest BCUT2D eigenvalue weighted by Gasteiger charge is 2.35. The maximum Gasteiger partial charge on any atom is 0.434 e. The molecule has 0 unspecified atom stereocenters. The molecule has 0 atom stereocenters. The van der Waals surface area contributed by atoms with Gasteiger partial charge in [0.15, 0.2) is 5.69 Å². The van der Waals surface area contributed by atoms with Crippen LogP contribution < -0.4 is 5.32 Å². The Kier molecular flexibility index (Phi) is 4.63. The fraction of sp³-hybridized carbons (Fsp3) is 0.222. The Morgan fingerprint density at radius 3 is 2.75 bits per heavy atom. The van der Waals surface area contributed by atoms with Crippen molar-refractivity contribution < 1.29 is 18.0 Å². The number of nitrogens with zero attached hydrogens (tertiary/aromatic N) is 2. The summed E-state index contributed by atoms with van der Waals surface area (Å²) in [5, 5.41) is 3.64. The summed E-state index contributed by atoms with van der Waals surface area (Å²) in [5.74, 6) is 0. The number of aromatic amines is 1. The van der Waals surface area contributed by atoms with E-state index in [4.69, 9.17) is 23.2 Å². The third kappa shape index (κ3) is 3.49. The number of amides is 2. The predicted octanol–water partition coefficient (Wildman–Crippen LogP) is 5.48. The highest BCUT2D eigenvalue weighted by molar-refractivity contribution is 6.31. The zero-order valence-corrected chi connectivity index (χ0v) is 15.7. The normalized spacial score (nSPS) is 14.2. The maximum atomic E-state index is 12.7. The third-order valence-electron chi connectivity index (χ3n) is 4.59. The van der Waals surface area contributed by atoms with E-state index >= 15 is 0 Å². The van der Waals surface area contributed by atoms with Crippen molar-refractivity contribution in [2.24, 2.45) is 0 Å². The van der Waals surface area contributed by atoms with E-state index < -0.39 is 22.9 Å². The van der Waals surface area contributed by atoms with Crippen LogP contribution in [0.2, 0.25) is 10.0 Å². The van der Waals surface area contributed by atoms with E-state index in [1.54, 1.807) is 11.0 Å². The number of benzene rings is 1. The number of fused-ring (bicyclic) bond motifs is 3. The van der Waals surface area contributed by atoms with Crippen LogP contribution in [0.1, 0.15) is 17.0 Å². The largest absolute Gasteiger partial charge is 0.434 e. The Bertz CT molecular complexity index is 1080. The molecule has 0 spiro atoms. The number of hydrogen-bond acceptors (Lipinski definition) is 2. The van der Waals surface area contributed by atoms with Gasteiger partial charge >= 0.3 is 12.2 Å². The van der Waals surface area contributed by atoms with Gasteiger partial charge in [-0.05, 0) is 36.2 Å². The van der Waals surface area contributed by atoms with Gasteiger partial charge in [0.1, 0.15) is 0 Å². The molecule has 10 heteroatoms. The first-order chi connectivity index (χ1) is 13.2. The zero-order chi connectivity index (χ0) is 20.1. The molecule has 0 saturated carbocycles. The SMILES string of the molecule is O=C(Nc1cnc(C(F)(F)F)c(Cl)c1)N1CCc2c([nH]c3ccc(Cl)cc23)C1. The number of carbonyl (C=O) groups is 1. The molecule has 1 aromatic carbocycles. The first-order valence-electron chi connectivity index (χ1n) is 8.30. The van der Waals surface area contributed by atoms with Crippen molar-refractivity contribution in [3.05, 3.63) is 57.5 Å². The summed E-state index contributed by atoms with van der Waals surface area (Å²) in [7, 11) is 0. The summed E-state index contributed by atoms with van der Waals surface area (Å²) in [4.78, 5) is 20.7. The van der Waals surface area contributed by atoms with Gasteiger partial charge in [-0.15, -0.1) is 0 Å². The van der Waals surface area contributed by atoms with Gasteiger partial charge in [0.2, 0.25) is 0 Å². The molecule has 0 radical (unpaired) electrons. The second-order valence-corrected chi connectivity index (χ2v) is 7.27. The number of rotatable bonds is 1. The maximum absolute atomic E-state index is 12.7. The van der Waals surface area contributed by atoms with Gasteiger partial charge in [-0.1, -0.05) is 23.2 Å². The topological polar surface area (TPSA) is 61.0 Å². The van der Waals surface area contributed by atoms with Crippen molar-refractivity contribution >= 4 is 45.8 Å². The van der Waals surface area contributed by atoms with Crippen LogP contribution in [-0.2, 0) is 19.1 Å². The van der Waals surface area contributed by atoms with Crippen LogP contribution in [-0.4, -0.2) is 27.4 Å². The molecule has 0 bridgehead atoms. The van der Waals surface area contributed by atoms with Crippen LogP contribution in [0.25, 0.3) is 10.9 Å². The number of H-pyrrole nitrogens is 1. The van der Waals surface area contributed by atoms with Gasteiger partial charge in [0.05, 0.1) is 23.5 Å². The fourth-order valence-corrected chi connectivity index (χ4v) is 3.75. The summed E-state index contributed by atoms with van der Waals surface area (Å²) in [5.41, 5.74) is 1.86. The molecule has 0 saturated heterocycles. The molecule has 1 aliphatic heterocycles. The smallest absolute Gasteiger partial charge is 0.357 e. The van der Waals surface area contributed by atoms with Gasteiger partial charge in [-0.3, -0.25) is 0 Å². The van der Waals surface area contributed by atoms with E-state index in [2.05, 4.69) is 15.3 Å². The number of halogens is 5. The van der Waals surface area contributed by atoms with E-state index in [1.807, 2.05) is 12.1 Å². The molecule has 5 nitrogen and oxygen atoms in total. The average molecular weight is 429 g/mol. The monoisotopic (exact) mass is 428 g/mol. The molecule has 4 rings (SSSR count). The molecule has 2 amide bonds. The Hall–Kier alpha value is -2.45. The van der Waals surface area contributed by atoms with E-state index in [0.717, 1.165) is 34.4 Å². The number of urea groups is 1. The third-order valence-corrected chi connectivity index (χ3v) is 5.11. The van der Waals surface area contributed by atoms with Crippen molar-refractivity contribution in [1.29, 1.82) is 0 Å². The summed E-state index contributed by atoms with van der Waals surface area (Å²) in [6.45, 7) is 0.801. The van der Waals surface area contributed by atoms with Crippen LogP contribution >= 0.6 is 23.2 Å². The van der Waals surface area contributed by atoms with Gasteiger partial charge < -0.3 is 15.2 Å². The van der Waals surface area contributed by atoms with Crippen molar-refractivity contribution in [3.63, 3.8) is 0 Å². The minimum Gasteiger partial charge on any atom is -0.357 e. The highest BCUT2D eigenvalue weighted by Crippen LogP contribution is 2.34. The number of nitrogens with one attached hydrogen (secondary N) is 2. The molecule has 3 heterocycles. The number of alkyl halides is 3. The second-order valence-electron chi connectivity index (χ2n) is 6.43. The summed E-state index contributed by atoms with van der Waals surface area (Å²) in [6, 6.07) is 6.15. The first-order valence-corrected chi connectivity index (χ1v) is 9.05. The van der Waals surface area contributed by atoms with Crippen molar-refractivity contribution in [3.8, 4) is 0 Å². The standard InChI is InChI=1S/C18H13Cl2F3N4O/c19-9-1-2-14-12(5-9)11-3-4-27(8-15(11)26-14)17(28)25-10-6-13(20)16(24-7-10)18(21,22)23/h1-2,5-7,26H,3-4,8H2,(H,25,28). The molecule has 3 aromatic rings. The summed E-state index contributed by atoms with van der Waals surface area (Å²) < 4.78 is 38.2. The molecule has 0 fully saturated rings. The lowest BCUT2D eigenvalue weighted by Crippen LogP contribution is -2.38. The van der Waals surface area contributed by atoms with Crippen LogP contribution in [0.3, 0.4) is 0 Å². The number of aromatic nitrogens is 2. The summed E-state index contributed by atoms with van der Waals surface area (Å²) in [6.07, 6.45) is -3.08. The Labute approximate surface area is 167 Å². The first kappa shape index (κ1) is 18.9. The van der Waals surface area contributed by atoms with Gasteiger partial charge in [0, 0.05) is 28.2 Å². The quantitative estimate of drug-likeness (QED) is 0.538. The van der Waals surface area contributed by atoms with E-state index in [9.17, 15) is 18.0 Å². The van der Waals surface area contributed by atoms with Gasteiger partial charge in [-0.25, -0.2) is 9.78 Å². The lowest BCUT2D eigenvalue weighted by atomic mass is 10.0. The van der Waals surface area contributed by atoms with E-state index in [0.29, 0.717) is 24.5 Å². The van der Waals surface area contributed by atoms with E-state index in [-0.39, 0.29) is 5.69 Å². The average Bonchev–Trinajstić information content (AvgIpc) is 2.97. The number of anilines is 1. The molecule has 2 aromatic heterocycles. The molecule has 146 valence electrons. The molecular weight excluding hydrogens is 416 g/mol. The second kappa shape index (κ2) is 6.86. The predicted molar refractivity (Wildman–Crippen MR) is 101 cm³/mol. The Morgan fingerprint density at radius 1 is 1.25 bits per heavy atom. The van der Waals surface area contributed by atoms with Crippen molar-refractivity contribution in [1.82, 2.24) is 14.9 Å². The summed E-state index contributed by atoms with van der Waals surface area (Å²) >= 11 is 11.7. The lowest BCUT2D eigenvalue weighted by Gasteiger charge is -2.27. The minimum atomic E-state index is -4.65. The number of carbonyl (C=O) groups excluding carboxylic acids is 1. The van der Waals surface area contributed by atoms with Crippen LogP contribution in [0.4, 0.5) is 23.7 Å². The zero-order valence-electron chi connectivity index (χ0n) is 14.2. The molecule has 1 aliphatic rings. The van der Waals surface area contributed by atoms with E-state index in [1.165, 1.54) is 0 Å². The molecular formula is C18H13Cl2F3N4O. The molecule has 2 N–H and O–H groups in total. The lowest BCUT2D eigenvalue weighted by molar-refractivity contribution is -0.141. The van der Waals surface area contributed by atoms with Crippen LogP contribution in [0.5, 0.6) is 0 Å². The fourth-order valence-electron chi connectivity index (χ4n) is 3.30. The Morgan fingerprint density at radius 2 is 2.04 bits per heavy atom. The number of pyridine rings is 1. The molecule has 0 aliphatic carbocycles. The van der Waals surface area contributed by atoms with Gasteiger partial charge in [-0.2, -0.15) is 13.2 Å². The van der Waals surface area contributed by atoms with Crippen LogP contribution in [0.15, 0.2) is 30.5 Å². The molecule has 28 heavy (non-hydrogen) atoms. The van der Waals surface area contributed by atoms with Crippen molar-refractivity contribution in [2.45, 2.75) is 19.1 Å². The minimum absolute atomic E-state index is 0.0947. The Balaban J connectivity index is 1.51. The van der Waals surface area contributed by atoms with Crippen molar-refractivity contribution in [2.75, 3.05) is 11.9 Å². The number of hydrogen-bond donors (Lipinski definition) is 2.